The molecule has 1 amide bonds. The van der Waals surface area contributed by atoms with E-state index >= 15 is 0 Å². The SMILES string of the molecule is Cc1ccc(NC(=O)c2ccc(-c3nn[nH]n3)cc2)c(C)c1. The van der Waals surface area contributed by atoms with E-state index in [1.165, 1.54) is 5.56 Å². The summed E-state index contributed by atoms with van der Waals surface area (Å²) < 4.78 is 0. The first-order valence-electron chi connectivity index (χ1n) is 6.86. The van der Waals surface area contributed by atoms with Gasteiger partial charge in [-0.2, -0.15) is 5.21 Å². The van der Waals surface area contributed by atoms with Gasteiger partial charge in [0.1, 0.15) is 0 Å². The number of H-pyrrole nitrogens is 1. The molecule has 0 radical (unpaired) electrons. The van der Waals surface area contributed by atoms with Crippen LogP contribution in [0.4, 0.5) is 5.69 Å². The molecule has 0 aliphatic carbocycles. The topological polar surface area (TPSA) is 83.6 Å². The van der Waals surface area contributed by atoms with Crippen molar-refractivity contribution in [2.24, 2.45) is 0 Å². The quantitative estimate of drug-likeness (QED) is 0.777. The van der Waals surface area contributed by atoms with Crippen molar-refractivity contribution < 1.29 is 4.79 Å². The number of carbonyl (C=O) groups excluding carboxylic acids is 1. The maximum atomic E-state index is 12.3. The van der Waals surface area contributed by atoms with Gasteiger partial charge < -0.3 is 5.32 Å². The Bertz CT molecular complexity index is 794. The number of benzene rings is 2. The van der Waals surface area contributed by atoms with Crippen LogP contribution in [0.3, 0.4) is 0 Å². The molecular formula is C16H15N5O. The van der Waals surface area contributed by atoms with Crippen LogP contribution in [0.25, 0.3) is 11.4 Å². The summed E-state index contributed by atoms with van der Waals surface area (Å²) in [6.07, 6.45) is 0. The minimum absolute atomic E-state index is 0.147. The van der Waals surface area contributed by atoms with E-state index in [4.69, 9.17) is 0 Å². The minimum Gasteiger partial charge on any atom is -0.322 e. The summed E-state index contributed by atoms with van der Waals surface area (Å²) in [4.78, 5) is 12.3. The summed E-state index contributed by atoms with van der Waals surface area (Å²) in [5.41, 5.74) is 4.40. The highest BCUT2D eigenvalue weighted by molar-refractivity contribution is 6.04. The first kappa shape index (κ1) is 13.9. The summed E-state index contributed by atoms with van der Waals surface area (Å²) in [7, 11) is 0. The fraction of sp³-hybridized carbons (Fsp3) is 0.125. The maximum Gasteiger partial charge on any atom is 0.255 e. The lowest BCUT2D eigenvalue weighted by atomic mass is 10.1. The summed E-state index contributed by atoms with van der Waals surface area (Å²) in [5, 5.41) is 16.6. The van der Waals surface area contributed by atoms with Crippen molar-refractivity contribution >= 4 is 11.6 Å². The third-order valence-electron chi connectivity index (χ3n) is 3.38. The number of nitrogens with one attached hydrogen (secondary N) is 2. The second kappa shape index (κ2) is 5.77. The smallest absolute Gasteiger partial charge is 0.255 e. The number of tetrazole rings is 1. The first-order chi connectivity index (χ1) is 10.6. The van der Waals surface area contributed by atoms with E-state index in [9.17, 15) is 4.79 Å². The number of amides is 1. The molecule has 0 bridgehead atoms. The van der Waals surface area contributed by atoms with Crippen molar-refractivity contribution in [1.29, 1.82) is 0 Å². The fourth-order valence-electron chi connectivity index (χ4n) is 2.20. The third kappa shape index (κ3) is 2.85. The molecule has 0 unspecified atom stereocenters. The van der Waals surface area contributed by atoms with Crippen LogP contribution in [0.5, 0.6) is 0 Å². The van der Waals surface area contributed by atoms with Crippen LogP contribution in [-0.4, -0.2) is 26.5 Å². The molecule has 0 saturated heterocycles. The minimum atomic E-state index is -0.147. The summed E-state index contributed by atoms with van der Waals surface area (Å²) in [6, 6.07) is 13.0. The molecule has 0 aliphatic heterocycles. The van der Waals surface area contributed by atoms with E-state index in [-0.39, 0.29) is 5.91 Å². The highest BCUT2D eigenvalue weighted by Gasteiger charge is 2.09. The van der Waals surface area contributed by atoms with Gasteiger partial charge in [-0.3, -0.25) is 4.79 Å². The molecule has 1 heterocycles. The lowest BCUT2D eigenvalue weighted by Crippen LogP contribution is -2.12. The van der Waals surface area contributed by atoms with Crippen molar-refractivity contribution in [3.05, 3.63) is 59.2 Å². The first-order valence-corrected chi connectivity index (χ1v) is 6.86. The predicted molar refractivity (Wildman–Crippen MR) is 83.5 cm³/mol. The monoisotopic (exact) mass is 293 g/mol. The molecule has 0 aliphatic rings. The second-order valence-corrected chi connectivity index (χ2v) is 5.09. The third-order valence-corrected chi connectivity index (χ3v) is 3.38. The van der Waals surface area contributed by atoms with Crippen LogP contribution < -0.4 is 5.32 Å². The molecule has 3 aromatic rings. The summed E-state index contributed by atoms with van der Waals surface area (Å²) >= 11 is 0. The zero-order valence-corrected chi connectivity index (χ0v) is 12.3. The van der Waals surface area contributed by atoms with Crippen molar-refractivity contribution in [3.8, 4) is 11.4 Å². The lowest BCUT2D eigenvalue weighted by Gasteiger charge is -2.09. The van der Waals surface area contributed by atoms with E-state index < -0.39 is 0 Å². The lowest BCUT2D eigenvalue weighted by molar-refractivity contribution is 0.102. The Kier molecular flexibility index (Phi) is 3.65. The Labute approximate surface area is 127 Å². The zero-order chi connectivity index (χ0) is 15.5. The summed E-state index contributed by atoms with van der Waals surface area (Å²) in [5.74, 6) is 0.355. The van der Waals surface area contributed by atoms with Crippen molar-refractivity contribution in [2.75, 3.05) is 5.32 Å². The molecule has 1 aromatic heterocycles. The number of aromatic amines is 1. The average molecular weight is 293 g/mol. The van der Waals surface area contributed by atoms with E-state index in [1.54, 1.807) is 24.3 Å². The molecule has 2 aromatic carbocycles. The molecule has 6 nitrogen and oxygen atoms in total. The predicted octanol–water partition coefficient (Wildman–Crippen LogP) is 2.74. The molecule has 110 valence electrons. The Balaban J connectivity index is 1.77. The highest BCUT2D eigenvalue weighted by Crippen LogP contribution is 2.18. The van der Waals surface area contributed by atoms with Gasteiger partial charge in [-0.15, -0.1) is 10.2 Å². The molecule has 3 rings (SSSR count). The van der Waals surface area contributed by atoms with Gasteiger partial charge in [-0.05, 0) is 42.8 Å². The van der Waals surface area contributed by atoms with Crippen LogP contribution in [-0.2, 0) is 0 Å². The number of hydrogen-bond donors (Lipinski definition) is 2. The molecule has 0 fully saturated rings. The van der Waals surface area contributed by atoms with Crippen molar-refractivity contribution in [2.45, 2.75) is 13.8 Å². The Morgan fingerprint density at radius 1 is 1.09 bits per heavy atom. The van der Waals surface area contributed by atoms with Crippen LogP contribution >= 0.6 is 0 Å². The highest BCUT2D eigenvalue weighted by atomic mass is 16.1. The number of aromatic nitrogens is 4. The Morgan fingerprint density at radius 3 is 2.50 bits per heavy atom. The van der Waals surface area contributed by atoms with Gasteiger partial charge >= 0.3 is 0 Å². The van der Waals surface area contributed by atoms with E-state index in [0.717, 1.165) is 16.8 Å². The van der Waals surface area contributed by atoms with Crippen LogP contribution in [0.1, 0.15) is 21.5 Å². The maximum absolute atomic E-state index is 12.3. The molecule has 22 heavy (non-hydrogen) atoms. The molecule has 0 saturated carbocycles. The van der Waals surface area contributed by atoms with Crippen LogP contribution in [0.15, 0.2) is 42.5 Å². The van der Waals surface area contributed by atoms with Crippen molar-refractivity contribution in [3.63, 3.8) is 0 Å². The van der Waals surface area contributed by atoms with Crippen LogP contribution in [0.2, 0.25) is 0 Å². The average Bonchev–Trinajstić information content (AvgIpc) is 3.04. The largest absolute Gasteiger partial charge is 0.322 e. The number of hydrogen-bond acceptors (Lipinski definition) is 4. The molecule has 0 spiro atoms. The van der Waals surface area contributed by atoms with Crippen molar-refractivity contribution in [1.82, 2.24) is 20.6 Å². The number of carbonyl (C=O) groups is 1. The summed E-state index contributed by atoms with van der Waals surface area (Å²) in [6.45, 7) is 4.00. The standard InChI is InChI=1S/C16H15N5O/c1-10-3-8-14(11(2)9-10)17-16(22)13-6-4-12(5-7-13)15-18-20-21-19-15/h3-9H,1-2H3,(H,17,22)(H,18,19,20,21). The van der Waals surface area contributed by atoms with Gasteiger partial charge in [-0.25, -0.2) is 0 Å². The molecule has 2 N–H and O–H groups in total. The number of nitrogens with zero attached hydrogens (tertiary/aromatic N) is 3. The van der Waals surface area contributed by atoms with E-state index in [1.807, 2.05) is 32.0 Å². The fourth-order valence-corrected chi connectivity index (χ4v) is 2.20. The number of aryl methyl sites for hydroxylation is 2. The zero-order valence-electron chi connectivity index (χ0n) is 12.3. The van der Waals surface area contributed by atoms with E-state index in [2.05, 4.69) is 25.9 Å². The van der Waals surface area contributed by atoms with Crippen LogP contribution in [0, 0.1) is 13.8 Å². The normalized spacial score (nSPS) is 10.5. The van der Waals surface area contributed by atoms with Gasteiger partial charge in [0.25, 0.3) is 5.91 Å². The van der Waals surface area contributed by atoms with Gasteiger partial charge in [-0.1, -0.05) is 29.8 Å². The molecular weight excluding hydrogens is 278 g/mol. The molecule has 6 heteroatoms. The van der Waals surface area contributed by atoms with Gasteiger partial charge in [0.15, 0.2) is 0 Å². The Morgan fingerprint density at radius 2 is 1.86 bits per heavy atom. The van der Waals surface area contributed by atoms with Gasteiger partial charge in [0, 0.05) is 16.8 Å². The molecule has 0 atom stereocenters. The number of anilines is 1. The Hall–Kier alpha value is -3.02. The van der Waals surface area contributed by atoms with E-state index in [0.29, 0.717) is 11.4 Å². The van der Waals surface area contributed by atoms with Gasteiger partial charge in [0.2, 0.25) is 5.82 Å². The number of rotatable bonds is 3. The van der Waals surface area contributed by atoms with Gasteiger partial charge in [0.05, 0.1) is 0 Å². The second-order valence-electron chi connectivity index (χ2n) is 5.09.